The van der Waals surface area contributed by atoms with E-state index in [9.17, 15) is 4.79 Å². The van der Waals surface area contributed by atoms with Gasteiger partial charge in [-0.05, 0) is 41.2 Å². The van der Waals surface area contributed by atoms with Crippen molar-refractivity contribution < 1.29 is 14.3 Å². The summed E-state index contributed by atoms with van der Waals surface area (Å²) < 4.78 is 10.2. The van der Waals surface area contributed by atoms with E-state index < -0.39 is 5.54 Å². The van der Waals surface area contributed by atoms with E-state index in [1.54, 1.807) is 6.92 Å². The predicted octanol–water partition coefficient (Wildman–Crippen LogP) is 1.01. The van der Waals surface area contributed by atoms with Crippen LogP contribution in [0.2, 0.25) is 0 Å². The summed E-state index contributed by atoms with van der Waals surface area (Å²) in [5.74, 6) is -0.374. The van der Waals surface area contributed by atoms with Gasteiger partial charge in [0.15, 0.2) is 0 Å². The lowest BCUT2D eigenvalue weighted by molar-refractivity contribution is -0.147. The van der Waals surface area contributed by atoms with Crippen molar-refractivity contribution in [2.75, 3.05) is 27.3 Å². The first kappa shape index (κ1) is 17.4. The fourth-order valence-corrected chi connectivity index (χ4v) is 1.74. The van der Waals surface area contributed by atoms with E-state index in [-0.39, 0.29) is 18.1 Å². The second-order valence-corrected chi connectivity index (χ2v) is 5.36. The van der Waals surface area contributed by atoms with Gasteiger partial charge < -0.3 is 20.1 Å². The molecule has 0 aromatic carbocycles. The van der Waals surface area contributed by atoms with Crippen molar-refractivity contribution >= 4 is 5.97 Å². The minimum absolute atomic E-state index is 0.190. The molecule has 0 spiro atoms. The molecule has 0 aliphatic rings. The number of carbonyl (C=O) groups is 1. The van der Waals surface area contributed by atoms with E-state index >= 15 is 0 Å². The van der Waals surface area contributed by atoms with Crippen molar-refractivity contribution in [1.29, 1.82) is 0 Å². The summed E-state index contributed by atoms with van der Waals surface area (Å²) in [6, 6.07) is 0.190. The molecular weight excluding hydrogens is 232 g/mol. The summed E-state index contributed by atoms with van der Waals surface area (Å²) >= 11 is 0. The summed E-state index contributed by atoms with van der Waals surface area (Å²) in [5.41, 5.74) is 5.01. The minimum Gasteiger partial charge on any atom is -0.468 e. The molecule has 0 rings (SSSR count). The van der Waals surface area contributed by atoms with Gasteiger partial charge in [-0.1, -0.05) is 0 Å². The molecule has 0 heterocycles. The molecule has 0 aromatic rings. The van der Waals surface area contributed by atoms with Gasteiger partial charge in [0.2, 0.25) is 0 Å². The van der Waals surface area contributed by atoms with E-state index in [1.165, 1.54) is 7.11 Å². The molecule has 0 amide bonds. The number of methoxy groups -OCH3 is 1. The number of esters is 1. The number of ether oxygens (including phenoxy) is 2. The molecular formula is C13H28N2O3. The summed E-state index contributed by atoms with van der Waals surface area (Å²) in [6.07, 6.45) is 0.793. The van der Waals surface area contributed by atoms with Gasteiger partial charge in [0, 0.05) is 12.6 Å². The molecule has 0 saturated carbocycles. The van der Waals surface area contributed by atoms with Gasteiger partial charge in [0.25, 0.3) is 0 Å². The van der Waals surface area contributed by atoms with Gasteiger partial charge in [0.1, 0.15) is 5.54 Å². The first-order valence-electron chi connectivity index (χ1n) is 6.40. The van der Waals surface area contributed by atoms with E-state index in [4.69, 9.17) is 15.2 Å². The maximum atomic E-state index is 11.5. The zero-order chi connectivity index (χ0) is 14.3. The summed E-state index contributed by atoms with van der Waals surface area (Å²) in [5, 5.41) is 0. The number of likely N-dealkylation sites (N-methyl/N-ethyl adjacent to an activating group) is 1. The van der Waals surface area contributed by atoms with Crippen LogP contribution in [0.5, 0.6) is 0 Å². The molecule has 0 saturated heterocycles. The second-order valence-electron chi connectivity index (χ2n) is 5.36. The van der Waals surface area contributed by atoms with Crippen molar-refractivity contribution in [3.63, 3.8) is 0 Å². The van der Waals surface area contributed by atoms with Crippen LogP contribution in [0.15, 0.2) is 0 Å². The SMILES string of the molecule is COC(=O)C(C)(N)CC(C)N(C)CCOC(C)C. The average Bonchev–Trinajstić information content (AvgIpc) is 2.26. The average molecular weight is 260 g/mol. The molecule has 2 N–H and O–H groups in total. The van der Waals surface area contributed by atoms with Crippen molar-refractivity contribution in [1.82, 2.24) is 4.90 Å². The van der Waals surface area contributed by atoms with Crippen molar-refractivity contribution in [2.24, 2.45) is 5.73 Å². The monoisotopic (exact) mass is 260 g/mol. The third-order valence-corrected chi connectivity index (χ3v) is 3.02. The number of rotatable bonds is 8. The van der Waals surface area contributed by atoms with Crippen molar-refractivity contribution in [3.05, 3.63) is 0 Å². The van der Waals surface area contributed by atoms with Gasteiger partial charge in [-0.3, -0.25) is 4.79 Å². The van der Waals surface area contributed by atoms with Crippen molar-refractivity contribution in [2.45, 2.75) is 51.8 Å². The molecule has 0 aliphatic heterocycles. The Morgan fingerprint density at radius 3 is 2.39 bits per heavy atom. The van der Waals surface area contributed by atoms with Crippen LogP contribution in [0.3, 0.4) is 0 Å². The molecule has 0 fully saturated rings. The summed E-state index contributed by atoms with van der Waals surface area (Å²) in [7, 11) is 3.36. The molecule has 5 heteroatoms. The quantitative estimate of drug-likeness (QED) is 0.660. The number of nitrogens with zero attached hydrogens (tertiary/aromatic N) is 1. The largest absolute Gasteiger partial charge is 0.468 e. The Labute approximate surface area is 111 Å². The topological polar surface area (TPSA) is 64.8 Å². The second kappa shape index (κ2) is 7.71. The Hall–Kier alpha value is -0.650. The van der Waals surface area contributed by atoms with Gasteiger partial charge >= 0.3 is 5.97 Å². The van der Waals surface area contributed by atoms with E-state index in [0.717, 1.165) is 6.54 Å². The maximum Gasteiger partial charge on any atom is 0.325 e. The molecule has 2 atom stereocenters. The third kappa shape index (κ3) is 6.33. The van der Waals surface area contributed by atoms with Crippen LogP contribution < -0.4 is 5.73 Å². The first-order valence-corrected chi connectivity index (χ1v) is 6.40. The van der Waals surface area contributed by atoms with Crippen LogP contribution in [0.25, 0.3) is 0 Å². The molecule has 0 bridgehead atoms. The molecule has 0 radical (unpaired) electrons. The smallest absolute Gasteiger partial charge is 0.325 e. The Bertz CT molecular complexity index is 255. The van der Waals surface area contributed by atoms with Gasteiger partial charge in [0.05, 0.1) is 19.8 Å². The van der Waals surface area contributed by atoms with Gasteiger partial charge in [-0.25, -0.2) is 0 Å². The van der Waals surface area contributed by atoms with Crippen LogP contribution in [0.4, 0.5) is 0 Å². The lowest BCUT2D eigenvalue weighted by atomic mass is 9.94. The third-order valence-electron chi connectivity index (χ3n) is 3.02. The Morgan fingerprint density at radius 2 is 1.94 bits per heavy atom. The highest BCUT2D eigenvalue weighted by Crippen LogP contribution is 2.14. The van der Waals surface area contributed by atoms with Crippen LogP contribution >= 0.6 is 0 Å². The van der Waals surface area contributed by atoms with E-state index in [0.29, 0.717) is 13.0 Å². The normalized spacial score (nSPS) is 16.7. The van der Waals surface area contributed by atoms with Crippen LogP contribution in [0, 0.1) is 0 Å². The Balaban J connectivity index is 4.14. The first-order chi connectivity index (χ1) is 8.20. The van der Waals surface area contributed by atoms with E-state index in [1.807, 2.05) is 27.8 Å². The van der Waals surface area contributed by atoms with E-state index in [2.05, 4.69) is 4.90 Å². The number of hydrogen-bond donors (Lipinski definition) is 1. The minimum atomic E-state index is -0.943. The molecule has 5 nitrogen and oxygen atoms in total. The fraction of sp³-hybridized carbons (Fsp3) is 0.923. The maximum absolute atomic E-state index is 11.5. The number of hydrogen-bond acceptors (Lipinski definition) is 5. The lowest BCUT2D eigenvalue weighted by Crippen LogP contribution is -2.50. The Morgan fingerprint density at radius 1 is 1.39 bits per heavy atom. The highest BCUT2D eigenvalue weighted by Gasteiger charge is 2.32. The highest BCUT2D eigenvalue weighted by molar-refractivity contribution is 5.79. The van der Waals surface area contributed by atoms with Gasteiger partial charge in [-0.2, -0.15) is 0 Å². The highest BCUT2D eigenvalue weighted by atomic mass is 16.5. The fourth-order valence-electron chi connectivity index (χ4n) is 1.74. The molecule has 2 unspecified atom stereocenters. The lowest BCUT2D eigenvalue weighted by Gasteiger charge is -2.31. The summed E-state index contributed by atoms with van der Waals surface area (Å²) in [4.78, 5) is 13.6. The molecule has 18 heavy (non-hydrogen) atoms. The van der Waals surface area contributed by atoms with Crippen LogP contribution in [-0.2, 0) is 14.3 Å². The molecule has 0 aromatic heterocycles. The summed E-state index contributed by atoms with van der Waals surface area (Å²) in [6.45, 7) is 9.26. The zero-order valence-electron chi connectivity index (χ0n) is 12.5. The molecule has 108 valence electrons. The predicted molar refractivity (Wildman–Crippen MR) is 72.4 cm³/mol. The molecule has 0 aliphatic carbocycles. The van der Waals surface area contributed by atoms with Crippen LogP contribution in [-0.4, -0.2) is 55.9 Å². The van der Waals surface area contributed by atoms with Gasteiger partial charge in [-0.15, -0.1) is 0 Å². The Kier molecular flexibility index (Phi) is 7.43. The standard InChI is InChI=1S/C13H28N2O3/c1-10(2)18-8-7-15(5)11(3)9-13(4,14)12(16)17-6/h10-11H,7-9,14H2,1-6H3. The van der Waals surface area contributed by atoms with Crippen LogP contribution in [0.1, 0.15) is 34.1 Å². The number of carbonyl (C=O) groups excluding carboxylic acids is 1. The van der Waals surface area contributed by atoms with Crippen molar-refractivity contribution in [3.8, 4) is 0 Å². The zero-order valence-corrected chi connectivity index (χ0v) is 12.5. The number of nitrogens with two attached hydrogens (primary N) is 1.